The number of hydrogen-bond acceptors (Lipinski definition) is 3. The largest absolute Gasteiger partial charge is 0.381 e. The van der Waals surface area contributed by atoms with Crippen LogP contribution in [0.4, 0.5) is 0 Å². The van der Waals surface area contributed by atoms with Gasteiger partial charge in [0, 0.05) is 36.9 Å². The van der Waals surface area contributed by atoms with E-state index < -0.39 is 0 Å². The smallest absolute Gasteiger partial charge is 0.0705 e. The molecule has 106 valence electrons. The number of aromatic nitrogens is 1. The van der Waals surface area contributed by atoms with Gasteiger partial charge in [-0.1, -0.05) is 12.1 Å². The van der Waals surface area contributed by atoms with Gasteiger partial charge in [0.25, 0.3) is 0 Å². The first-order valence-electron chi connectivity index (χ1n) is 7.36. The summed E-state index contributed by atoms with van der Waals surface area (Å²) in [6.07, 6.45) is 2.29. The zero-order valence-electron chi connectivity index (χ0n) is 12.3. The molecule has 1 aromatic heterocycles. The third kappa shape index (κ3) is 3.00. The molecule has 0 amide bonds. The van der Waals surface area contributed by atoms with Crippen LogP contribution in [0.3, 0.4) is 0 Å². The van der Waals surface area contributed by atoms with Gasteiger partial charge in [0.2, 0.25) is 0 Å². The second kappa shape index (κ2) is 5.90. The molecule has 20 heavy (non-hydrogen) atoms. The molecule has 1 aliphatic rings. The van der Waals surface area contributed by atoms with Gasteiger partial charge in [-0.3, -0.25) is 9.88 Å². The van der Waals surface area contributed by atoms with Crippen molar-refractivity contribution in [3.63, 3.8) is 0 Å². The minimum absolute atomic E-state index is 0.649. The van der Waals surface area contributed by atoms with E-state index >= 15 is 0 Å². The molecular formula is C17H22N2O. The Hall–Kier alpha value is -1.45. The lowest BCUT2D eigenvalue weighted by Crippen LogP contribution is -2.36. The van der Waals surface area contributed by atoms with E-state index in [4.69, 9.17) is 4.74 Å². The van der Waals surface area contributed by atoms with Gasteiger partial charge in [-0.25, -0.2) is 0 Å². The lowest BCUT2D eigenvalue weighted by Gasteiger charge is -2.31. The van der Waals surface area contributed by atoms with Crippen LogP contribution in [0.15, 0.2) is 30.3 Å². The predicted octanol–water partition coefficient (Wildman–Crippen LogP) is 3.15. The number of nitrogens with zero attached hydrogens (tertiary/aromatic N) is 2. The monoisotopic (exact) mass is 270 g/mol. The molecule has 1 aromatic carbocycles. The summed E-state index contributed by atoms with van der Waals surface area (Å²) < 4.78 is 5.43. The van der Waals surface area contributed by atoms with Crippen molar-refractivity contribution in [2.24, 2.45) is 0 Å². The Balaban J connectivity index is 1.75. The summed E-state index contributed by atoms with van der Waals surface area (Å²) in [4.78, 5) is 7.01. The number of fused-ring (bicyclic) bond motifs is 1. The van der Waals surface area contributed by atoms with Crippen molar-refractivity contribution in [1.82, 2.24) is 9.88 Å². The summed E-state index contributed by atoms with van der Waals surface area (Å²) >= 11 is 0. The number of benzene rings is 1. The summed E-state index contributed by atoms with van der Waals surface area (Å²) in [5.41, 5.74) is 3.52. The van der Waals surface area contributed by atoms with E-state index in [0.717, 1.165) is 43.8 Å². The molecular weight excluding hydrogens is 248 g/mol. The van der Waals surface area contributed by atoms with Crippen LogP contribution in [0.1, 0.15) is 24.1 Å². The molecule has 3 heteroatoms. The highest BCUT2D eigenvalue weighted by molar-refractivity contribution is 5.79. The van der Waals surface area contributed by atoms with E-state index in [-0.39, 0.29) is 0 Å². The van der Waals surface area contributed by atoms with Crippen molar-refractivity contribution in [2.75, 3.05) is 20.3 Å². The number of hydrogen-bond donors (Lipinski definition) is 0. The maximum atomic E-state index is 5.43. The van der Waals surface area contributed by atoms with Crippen LogP contribution in [-0.2, 0) is 11.3 Å². The standard InChI is InChI=1S/C17H22N2O/c1-13-3-5-15-11-14(4-6-17(15)18-13)12-19(2)16-7-9-20-10-8-16/h3-6,11,16H,7-10,12H2,1-2H3. The third-order valence-electron chi connectivity index (χ3n) is 4.14. The second-order valence-corrected chi connectivity index (χ2v) is 5.74. The fraction of sp³-hybridized carbons (Fsp3) is 0.471. The van der Waals surface area contributed by atoms with E-state index in [1.165, 1.54) is 10.9 Å². The fourth-order valence-corrected chi connectivity index (χ4v) is 2.92. The predicted molar refractivity (Wildman–Crippen MR) is 81.8 cm³/mol. The number of ether oxygens (including phenoxy) is 1. The summed E-state index contributed by atoms with van der Waals surface area (Å²) in [5.74, 6) is 0. The van der Waals surface area contributed by atoms with Crippen molar-refractivity contribution in [2.45, 2.75) is 32.4 Å². The molecule has 2 aromatic rings. The van der Waals surface area contributed by atoms with E-state index in [1.807, 2.05) is 6.92 Å². The van der Waals surface area contributed by atoms with Crippen LogP contribution < -0.4 is 0 Å². The molecule has 1 aliphatic heterocycles. The Bertz CT molecular complexity index is 591. The Morgan fingerprint density at radius 1 is 1.20 bits per heavy atom. The van der Waals surface area contributed by atoms with Crippen LogP contribution in [0, 0.1) is 6.92 Å². The second-order valence-electron chi connectivity index (χ2n) is 5.74. The van der Waals surface area contributed by atoms with Gasteiger partial charge in [0.15, 0.2) is 0 Å². The Morgan fingerprint density at radius 2 is 2.00 bits per heavy atom. The molecule has 0 aliphatic carbocycles. The molecule has 3 nitrogen and oxygen atoms in total. The van der Waals surface area contributed by atoms with Crippen LogP contribution in [-0.4, -0.2) is 36.2 Å². The average molecular weight is 270 g/mol. The molecule has 1 fully saturated rings. The average Bonchev–Trinajstić information content (AvgIpc) is 2.48. The van der Waals surface area contributed by atoms with Gasteiger partial charge in [0.1, 0.15) is 0 Å². The zero-order valence-corrected chi connectivity index (χ0v) is 12.3. The van der Waals surface area contributed by atoms with Crippen LogP contribution in [0.5, 0.6) is 0 Å². The minimum atomic E-state index is 0.649. The number of aryl methyl sites for hydroxylation is 1. The first-order valence-corrected chi connectivity index (χ1v) is 7.36. The van der Waals surface area contributed by atoms with E-state index in [9.17, 15) is 0 Å². The van der Waals surface area contributed by atoms with Crippen molar-refractivity contribution in [1.29, 1.82) is 0 Å². The first-order chi connectivity index (χ1) is 9.72. The van der Waals surface area contributed by atoms with E-state index in [2.05, 4.69) is 47.3 Å². The molecule has 1 saturated heterocycles. The number of rotatable bonds is 3. The van der Waals surface area contributed by atoms with Crippen molar-refractivity contribution in [3.8, 4) is 0 Å². The number of pyridine rings is 1. The van der Waals surface area contributed by atoms with Gasteiger partial charge in [-0.15, -0.1) is 0 Å². The Labute approximate surface area is 120 Å². The molecule has 0 N–H and O–H groups in total. The highest BCUT2D eigenvalue weighted by Gasteiger charge is 2.18. The maximum Gasteiger partial charge on any atom is 0.0705 e. The highest BCUT2D eigenvalue weighted by Crippen LogP contribution is 2.19. The quantitative estimate of drug-likeness (QED) is 0.856. The van der Waals surface area contributed by atoms with Crippen molar-refractivity contribution in [3.05, 3.63) is 41.6 Å². The summed E-state index contributed by atoms with van der Waals surface area (Å²) in [7, 11) is 2.22. The minimum Gasteiger partial charge on any atom is -0.381 e. The normalized spacial score (nSPS) is 16.9. The fourth-order valence-electron chi connectivity index (χ4n) is 2.92. The van der Waals surface area contributed by atoms with E-state index in [0.29, 0.717) is 6.04 Å². The third-order valence-corrected chi connectivity index (χ3v) is 4.14. The summed E-state index contributed by atoms with van der Waals surface area (Å²) in [5, 5.41) is 1.23. The lowest BCUT2D eigenvalue weighted by atomic mass is 10.1. The summed E-state index contributed by atoms with van der Waals surface area (Å²) in [6.45, 7) is 4.83. The highest BCUT2D eigenvalue weighted by atomic mass is 16.5. The molecule has 3 rings (SSSR count). The van der Waals surface area contributed by atoms with Gasteiger partial charge >= 0.3 is 0 Å². The lowest BCUT2D eigenvalue weighted by molar-refractivity contribution is 0.0407. The molecule has 0 spiro atoms. The molecule has 0 saturated carbocycles. The SMILES string of the molecule is Cc1ccc2cc(CN(C)C3CCOCC3)ccc2n1. The van der Waals surface area contributed by atoms with Crippen LogP contribution in [0.2, 0.25) is 0 Å². The Morgan fingerprint density at radius 3 is 2.80 bits per heavy atom. The molecule has 0 unspecified atom stereocenters. The molecule has 0 atom stereocenters. The van der Waals surface area contributed by atoms with Crippen LogP contribution in [0.25, 0.3) is 10.9 Å². The van der Waals surface area contributed by atoms with Gasteiger partial charge in [0.05, 0.1) is 5.52 Å². The topological polar surface area (TPSA) is 25.4 Å². The summed E-state index contributed by atoms with van der Waals surface area (Å²) in [6, 6.07) is 11.5. The van der Waals surface area contributed by atoms with Crippen molar-refractivity contribution < 1.29 is 4.74 Å². The van der Waals surface area contributed by atoms with Gasteiger partial charge in [-0.05, 0) is 50.6 Å². The maximum absolute atomic E-state index is 5.43. The first kappa shape index (κ1) is 13.5. The molecule has 0 radical (unpaired) electrons. The van der Waals surface area contributed by atoms with Crippen molar-refractivity contribution >= 4 is 10.9 Å². The molecule has 2 heterocycles. The van der Waals surface area contributed by atoms with Gasteiger partial charge < -0.3 is 4.74 Å². The molecule has 0 bridgehead atoms. The van der Waals surface area contributed by atoms with E-state index in [1.54, 1.807) is 0 Å². The zero-order chi connectivity index (χ0) is 13.9. The Kier molecular flexibility index (Phi) is 3.99. The van der Waals surface area contributed by atoms with Crippen LogP contribution >= 0.6 is 0 Å². The van der Waals surface area contributed by atoms with Gasteiger partial charge in [-0.2, -0.15) is 0 Å².